The van der Waals surface area contributed by atoms with Gasteiger partial charge in [-0.25, -0.2) is 0 Å². The molecule has 0 aliphatic heterocycles. The molecule has 0 heterocycles. The molecule has 0 radical (unpaired) electrons. The molecule has 2 N–H and O–H groups in total. The van der Waals surface area contributed by atoms with Crippen molar-refractivity contribution in [2.45, 2.75) is 6.42 Å². The van der Waals surface area contributed by atoms with Crippen LogP contribution in [0.15, 0.2) is 5.16 Å². The van der Waals surface area contributed by atoms with Gasteiger partial charge < -0.3 is 10.3 Å². The summed E-state index contributed by atoms with van der Waals surface area (Å²) in [6, 6.07) is 0. The largest absolute Gasteiger partial charge is 0.481 e. The van der Waals surface area contributed by atoms with Gasteiger partial charge in [-0.05, 0) is 0 Å². The summed E-state index contributed by atoms with van der Waals surface area (Å²) in [5.41, 5.74) is 0. The lowest BCUT2D eigenvalue weighted by Crippen LogP contribution is -1.93. The molecule has 0 saturated carbocycles. The Morgan fingerprint density at radius 2 is 2.43 bits per heavy atom. The molecule has 0 saturated heterocycles. The lowest BCUT2D eigenvalue weighted by atomic mass is 10.5. The smallest absolute Gasteiger partial charge is 0.308 e. The van der Waals surface area contributed by atoms with Crippen LogP contribution in [0.25, 0.3) is 0 Å². The molecule has 0 aromatic rings. The van der Waals surface area contributed by atoms with E-state index in [-0.39, 0.29) is 6.42 Å². The van der Waals surface area contributed by atoms with Crippen LogP contribution in [-0.2, 0) is 4.79 Å². The topological polar surface area (TPSA) is 69.9 Å². The first-order valence-corrected chi connectivity index (χ1v) is 1.65. The minimum absolute atomic E-state index is 0.226. The number of hydrogen-bond acceptors (Lipinski definition) is 3. The van der Waals surface area contributed by atoms with E-state index in [0.29, 0.717) is 0 Å². The summed E-state index contributed by atoms with van der Waals surface area (Å²) in [5, 5.41) is 17.9. The van der Waals surface area contributed by atoms with Crippen LogP contribution in [0.2, 0.25) is 0 Å². The minimum Gasteiger partial charge on any atom is -0.481 e. The number of aliphatic carboxylic acids is 1. The average Bonchev–Trinajstić information content (AvgIpc) is 1.61. The first-order chi connectivity index (χ1) is 3.27. The zero-order chi connectivity index (χ0) is 5.70. The number of oxime groups is 1. The second-order valence-electron chi connectivity index (χ2n) is 0.896. The monoisotopic (exact) mass is 103 g/mol. The molecule has 40 valence electrons. The maximum absolute atomic E-state index is 9.56. The van der Waals surface area contributed by atoms with E-state index in [4.69, 9.17) is 10.3 Å². The predicted octanol–water partition coefficient (Wildman–Crippen LogP) is -0.0789. The third kappa shape index (κ3) is 4.94. The summed E-state index contributed by atoms with van der Waals surface area (Å²) in [4.78, 5) is 9.56. The van der Waals surface area contributed by atoms with Crippen molar-refractivity contribution in [3.05, 3.63) is 0 Å². The van der Waals surface area contributed by atoms with E-state index in [1.807, 2.05) is 0 Å². The van der Waals surface area contributed by atoms with Crippen molar-refractivity contribution in [3.8, 4) is 0 Å². The van der Waals surface area contributed by atoms with Gasteiger partial charge in [0.15, 0.2) is 0 Å². The molecule has 0 bridgehead atoms. The van der Waals surface area contributed by atoms with Crippen LogP contribution in [0.1, 0.15) is 6.42 Å². The SMILES string of the molecule is O=C(O)CC=NO. The molecule has 0 rings (SSSR count). The molecule has 0 unspecified atom stereocenters. The number of carbonyl (C=O) groups is 1. The maximum Gasteiger partial charge on any atom is 0.308 e. The van der Waals surface area contributed by atoms with E-state index in [9.17, 15) is 4.79 Å². The normalized spacial score (nSPS) is 9.71. The lowest BCUT2D eigenvalue weighted by molar-refractivity contribution is -0.135. The highest BCUT2D eigenvalue weighted by Gasteiger charge is 1.87. The molecule has 7 heavy (non-hydrogen) atoms. The Balaban J connectivity index is 3.14. The van der Waals surface area contributed by atoms with Crippen LogP contribution < -0.4 is 0 Å². The molecule has 0 fully saturated rings. The molecule has 0 spiro atoms. The summed E-state index contributed by atoms with van der Waals surface area (Å²) in [5.74, 6) is -1.00. The molecule has 0 amide bonds. The van der Waals surface area contributed by atoms with Crippen molar-refractivity contribution in [2.24, 2.45) is 5.16 Å². The predicted molar refractivity (Wildman–Crippen MR) is 22.5 cm³/mol. The zero-order valence-electron chi connectivity index (χ0n) is 3.53. The number of hydrogen-bond donors (Lipinski definition) is 2. The quantitative estimate of drug-likeness (QED) is 0.292. The fourth-order valence-electron chi connectivity index (χ4n) is 0.119. The van der Waals surface area contributed by atoms with Crippen molar-refractivity contribution in [1.29, 1.82) is 0 Å². The zero-order valence-corrected chi connectivity index (χ0v) is 3.53. The van der Waals surface area contributed by atoms with Gasteiger partial charge in [0.25, 0.3) is 0 Å². The second kappa shape index (κ2) is 3.14. The molecule has 0 aliphatic rings. The van der Waals surface area contributed by atoms with Gasteiger partial charge in [0.05, 0.1) is 12.6 Å². The van der Waals surface area contributed by atoms with Crippen LogP contribution in [0.4, 0.5) is 0 Å². The van der Waals surface area contributed by atoms with Gasteiger partial charge in [0.2, 0.25) is 0 Å². The van der Waals surface area contributed by atoms with E-state index in [2.05, 4.69) is 5.16 Å². The van der Waals surface area contributed by atoms with Crippen molar-refractivity contribution in [2.75, 3.05) is 0 Å². The Morgan fingerprint density at radius 3 is 2.57 bits per heavy atom. The van der Waals surface area contributed by atoms with Crippen molar-refractivity contribution >= 4 is 12.2 Å². The summed E-state index contributed by atoms with van der Waals surface area (Å²) in [6.45, 7) is 0. The van der Waals surface area contributed by atoms with E-state index >= 15 is 0 Å². The van der Waals surface area contributed by atoms with E-state index in [0.717, 1.165) is 6.21 Å². The first kappa shape index (κ1) is 5.94. The van der Waals surface area contributed by atoms with Gasteiger partial charge in [-0.3, -0.25) is 4.79 Å². The Hall–Kier alpha value is -1.06. The Morgan fingerprint density at radius 1 is 1.86 bits per heavy atom. The molecular formula is C3H5NO3. The number of rotatable bonds is 2. The van der Waals surface area contributed by atoms with Crippen molar-refractivity contribution < 1.29 is 15.1 Å². The highest BCUT2D eigenvalue weighted by molar-refractivity contribution is 5.84. The van der Waals surface area contributed by atoms with Gasteiger partial charge in [-0.15, -0.1) is 5.16 Å². The Kier molecular flexibility index (Phi) is 2.67. The molecule has 4 nitrogen and oxygen atoms in total. The van der Waals surface area contributed by atoms with E-state index < -0.39 is 5.97 Å². The fourth-order valence-corrected chi connectivity index (χ4v) is 0.119. The van der Waals surface area contributed by atoms with Crippen molar-refractivity contribution in [1.82, 2.24) is 0 Å². The Bertz CT molecular complexity index is 88.2. The van der Waals surface area contributed by atoms with Crippen LogP contribution in [0.3, 0.4) is 0 Å². The first-order valence-electron chi connectivity index (χ1n) is 1.65. The maximum atomic E-state index is 9.56. The fraction of sp³-hybridized carbons (Fsp3) is 0.333. The molecule has 0 atom stereocenters. The molecule has 0 aliphatic carbocycles. The highest BCUT2D eigenvalue weighted by Crippen LogP contribution is 1.68. The summed E-state index contributed by atoms with van der Waals surface area (Å²) in [6.07, 6.45) is 0.679. The van der Waals surface area contributed by atoms with Gasteiger partial charge in [-0.2, -0.15) is 0 Å². The van der Waals surface area contributed by atoms with Gasteiger partial charge >= 0.3 is 5.97 Å². The number of carboxylic acids is 1. The summed E-state index contributed by atoms with van der Waals surface area (Å²) >= 11 is 0. The average molecular weight is 103 g/mol. The van der Waals surface area contributed by atoms with Crippen LogP contribution in [0.5, 0.6) is 0 Å². The third-order valence-corrected chi connectivity index (χ3v) is 0.348. The van der Waals surface area contributed by atoms with E-state index in [1.165, 1.54) is 0 Å². The molecule has 0 aromatic carbocycles. The van der Waals surface area contributed by atoms with Gasteiger partial charge in [-0.1, -0.05) is 0 Å². The lowest BCUT2D eigenvalue weighted by Gasteiger charge is -1.76. The summed E-state index contributed by atoms with van der Waals surface area (Å²) < 4.78 is 0. The summed E-state index contributed by atoms with van der Waals surface area (Å²) in [7, 11) is 0. The number of carboxylic acid groups (broad SMARTS) is 1. The minimum atomic E-state index is -1.00. The highest BCUT2D eigenvalue weighted by atomic mass is 16.4. The van der Waals surface area contributed by atoms with Gasteiger partial charge in [0.1, 0.15) is 0 Å². The second-order valence-corrected chi connectivity index (χ2v) is 0.896. The number of nitrogens with zero attached hydrogens (tertiary/aromatic N) is 1. The standard InChI is InChI=1S/C3H5NO3/c5-3(6)1-2-4-7/h2,7H,1H2,(H,5,6). The molecule has 4 heteroatoms. The van der Waals surface area contributed by atoms with Crippen LogP contribution in [-0.4, -0.2) is 22.5 Å². The van der Waals surface area contributed by atoms with Crippen LogP contribution >= 0.6 is 0 Å². The van der Waals surface area contributed by atoms with Crippen molar-refractivity contribution in [3.63, 3.8) is 0 Å². The van der Waals surface area contributed by atoms with Gasteiger partial charge in [0, 0.05) is 0 Å². The van der Waals surface area contributed by atoms with Crippen LogP contribution in [0, 0.1) is 0 Å². The molecule has 0 aromatic heterocycles. The third-order valence-electron chi connectivity index (χ3n) is 0.348. The van der Waals surface area contributed by atoms with E-state index in [1.54, 1.807) is 0 Å². The Labute approximate surface area is 40.1 Å². The molecular weight excluding hydrogens is 98.0 g/mol.